The van der Waals surface area contributed by atoms with Crippen LogP contribution in [0.1, 0.15) is 0 Å². The molecule has 7 rings (SSSR count). The number of hydrogen-bond donors (Lipinski definition) is 0. The van der Waals surface area contributed by atoms with Gasteiger partial charge in [0.1, 0.15) is 0 Å². The SMILES string of the molecule is Clc1cc(-c2cc(-c3ccccc3)nc(-c3ccccc3)n2)ccc1-c1ccc2c(c1)Oc1ccccc1O2. The molecule has 39 heavy (non-hydrogen) atoms. The Labute approximate surface area is 231 Å². The van der Waals surface area contributed by atoms with Crippen molar-refractivity contribution in [2.75, 3.05) is 0 Å². The topological polar surface area (TPSA) is 44.2 Å². The van der Waals surface area contributed by atoms with Gasteiger partial charge in [0.05, 0.1) is 11.4 Å². The van der Waals surface area contributed by atoms with Crippen molar-refractivity contribution >= 4 is 11.6 Å². The van der Waals surface area contributed by atoms with Crippen molar-refractivity contribution in [1.29, 1.82) is 0 Å². The van der Waals surface area contributed by atoms with Crippen LogP contribution in [0.3, 0.4) is 0 Å². The minimum Gasteiger partial charge on any atom is -0.450 e. The van der Waals surface area contributed by atoms with Crippen molar-refractivity contribution in [3.05, 3.63) is 132 Å². The van der Waals surface area contributed by atoms with E-state index in [-0.39, 0.29) is 0 Å². The monoisotopic (exact) mass is 524 g/mol. The highest BCUT2D eigenvalue weighted by Gasteiger charge is 2.19. The van der Waals surface area contributed by atoms with Gasteiger partial charge < -0.3 is 9.47 Å². The number of hydrogen-bond acceptors (Lipinski definition) is 4. The maximum Gasteiger partial charge on any atom is 0.170 e. The van der Waals surface area contributed by atoms with Gasteiger partial charge in [-0.3, -0.25) is 0 Å². The summed E-state index contributed by atoms with van der Waals surface area (Å²) in [5.41, 5.74) is 6.38. The number of fused-ring (bicyclic) bond motifs is 2. The molecule has 0 amide bonds. The van der Waals surface area contributed by atoms with Crippen LogP contribution in [0.25, 0.3) is 45.0 Å². The molecule has 0 fully saturated rings. The first-order valence-corrected chi connectivity index (χ1v) is 13.0. The van der Waals surface area contributed by atoms with Crippen LogP contribution < -0.4 is 9.47 Å². The number of aromatic nitrogens is 2. The fourth-order valence-corrected chi connectivity index (χ4v) is 4.96. The van der Waals surface area contributed by atoms with E-state index in [0.29, 0.717) is 33.8 Å². The molecule has 0 saturated heterocycles. The molecule has 0 atom stereocenters. The molecule has 0 N–H and O–H groups in total. The average molecular weight is 525 g/mol. The summed E-state index contributed by atoms with van der Waals surface area (Å²) >= 11 is 6.88. The summed E-state index contributed by atoms with van der Waals surface area (Å²) in [5, 5.41) is 0.616. The van der Waals surface area contributed by atoms with E-state index in [2.05, 4.69) is 12.1 Å². The molecule has 186 valence electrons. The van der Waals surface area contributed by atoms with Crippen molar-refractivity contribution in [1.82, 2.24) is 9.97 Å². The van der Waals surface area contributed by atoms with Crippen LogP contribution in [0.4, 0.5) is 0 Å². The first-order valence-electron chi connectivity index (χ1n) is 12.6. The van der Waals surface area contributed by atoms with E-state index in [9.17, 15) is 0 Å². The second-order valence-electron chi connectivity index (χ2n) is 9.20. The van der Waals surface area contributed by atoms with Crippen LogP contribution >= 0.6 is 11.6 Å². The minimum atomic E-state index is 0.616. The average Bonchev–Trinajstić information content (AvgIpc) is 3.00. The van der Waals surface area contributed by atoms with Crippen molar-refractivity contribution in [2.45, 2.75) is 0 Å². The largest absolute Gasteiger partial charge is 0.450 e. The highest BCUT2D eigenvalue weighted by atomic mass is 35.5. The van der Waals surface area contributed by atoms with Crippen LogP contribution in [0, 0.1) is 0 Å². The highest BCUT2D eigenvalue weighted by molar-refractivity contribution is 6.33. The van der Waals surface area contributed by atoms with Gasteiger partial charge >= 0.3 is 0 Å². The number of benzene rings is 5. The van der Waals surface area contributed by atoms with Crippen molar-refractivity contribution < 1.29 is 9.47 Å². The van der Waals surface area contributed by atoms with Gasteiger partial charge in [-0.1, -0.05) is 103 Å². The van der Waals surface area contributed by atoms with Crippen molar-refractivity contribution in [2.24, 2.45) is 0 Å². The van der Waals surface area contributed by atoms with Gasteiger partial charge in [0, 0.05) is 27.3 Å². The number of nitrogens with zero attached hydrogens (tertiary/aromatic N) is 2. The van der Waals surface area contributed by atoms with E-state index in [1.807, 2.05) is 115 Å². The number of halogens is 1. The van der Waals surface area contributed by atoms with Gasteiger partial charge in [0.15, 0.2) is 28.8 Å². The zero-order valence-corrected chi connectivity index (χ0v) is 21.5. The van der Waals surface area contributed by atoms with E-state index in [1.54, 1.807) is 0 Å². The molecule has 0 aliphatic carbocycles. The maximum absolute atomic E-state index is 6.88. The number of ether oxygens (including phenoxy) is 2. The Morgan fingerprint density at radius 3 is 1.69 bits per heavy atom. The standard InChI is InChI=1S/C34H21ClN2O2/c35-27-19-25(15-17-26(27)24-16-18-32-33(20-24)39-31-14-8-7-13-30(31)38-32)29-21-28(22-9-3-1-4-10-22)36-34(37-29)23-11-5-2-6-12-23/h1-21H. The lowest BCUT2D eigenvalue weighted by Gasteiger charge is -2.21. The van der Waals surface area contributed by atoms with E-state index >= 15 is 0 Å². The Bertz CT molecular complexity index is 1760. The van der Waals surface area contributed by atoms with Gasteiger partial charge in [-0.2, -0.15) is 0 Å². The van der Waals surface area contributed by atoms with Crippen LogP contribution in [-0.4, -0.2) is 9.97 Å². The second-order valence-corrected chi connectivity index (χ2v) is 9.61. The summed E-state index contributed by atoms with van der Waals surface area (Å²) in [6.45, 7) is 0. The molecular weight excluding hydrogens is 504 g/mol. The predicted molar refractivity (Wildman–Crippen MR) is 155 cm³/mol. The normalized spacial score (nSPS) is 11.6. The second kappa shape index (κ2) is 9.75. The van der Waals surface area contributed by atoms with Crippen LogP contribution in [0.5, 0.6) is 23.0 Å². The Morgan fingerprint density at radius 2 is 1.00 bits per heavy atom. The first kappa shape index (κ1) is 23.2. The molecule has 0 radical (unpaired) electrons. The molecule has 5 heteroatoms. The smallest absolute Gasteiger partial charge is 0.170 e. The lowest BCUT2D eigenvalue weighted by Crippen LogP contribution is -1.98. The van der Waals surface area contributed by atoms with Gasteiger partial charge in [-0.15, -0.1) is 0 Å². The summed E-state index contributed by atoms with van der Waals surface area (Å²) < 4.78 is 12.1. The summed E-state index contributed by atoms with van der Waals surface area (Å²) in [5.74, 6) is 3.39. The van der Waals surface area contributed by atoms with Gasteiger partial charge in [0.25, 0.3) is 0 Å². The van der Waals surface area contributed by atoms with Gasteiger partial charge in [0.2, 0.25) is 0 Å². The summed E-state index contributed by atoms with van der Waals surface area (Å²) in [6, 6.07) is 41.6. The Kier molecular flexibility index (Phi) is 5.80. The maximum atomic E-state index is 6.88. The van der Waals surface area contributed by atoms with E-state index in [0.717, 1.165) is 39.2 Å². The lowest BCUT2D eigenvalue weighted by atomic mass is 10.0. The summed E-state index contributed by atoms with van der Waals surface area (Å²) in [7, 11) is 0. The molecule has 1 aliphatic rings. The summed E-state index contributed by atoms with van der Waals surface area (Å²) in [4.78, 5) is 9.79. The molecule has 2 heterocycles. The molecule has 0 spiro atoms. The third kappa shape index (κ3) is 4.52. The number of rotatable bonds is 4. The van der Waals surface area contributed by atoms with Crippen LogP contribution in [0.2, 0.25) is 5.02 Å². The fourth-order valence-electron chi connectivity index (χ4n) is 4.67. The lowest BCUT2D eigenvalue weighted by molar-refractivity contribution is 0.360. The Hall–Kier alpha value is -4.93. The third-order valence-electron chi connectivity index (χ3n) is 6.64. The quantitative estimate of drug-likeness (QED) is 0.230. The molecule has 0 unspecified atom stereocenters. The molecule has 6 aromatic rings. The molecule has 4 nitrogen and oxygen atoms in total. The molecular formula is C34H21ClN2O2. The molecule has 0 bridgehead atoms. The Balaban J connectivity index is 1.27. The summed E-state index contributed by atoms with van der Waals surface area (Å²) in [6.07, 6.45) is 0. The van der Waals surface area contributed by atoms with Crippen molar-refractivity contribution in [3.63, 3.8) is 0 Å². The van der Waals surface area contributed by atoms with Crippen LogP contribution in [0.15, 0.2) is 127 Å². The highest BCUT2D eigenvalue weighted by Crippen LogP contribution is 2.47. The van der Waals surface area contributed by atoms with E-state index in [1.165, 1.54) is 0 Å². The van der Waals surface area contributed by atoms with Crippen LogP contribution in [-0.2, 0) is 0 Å². The van der Waals surface area contributed by atoms with Crippen molar-refractivity contribution in [3.8, 4) is 68.0 Å². The fraction of sp³-hybridized carbons (Fsp3) is 0. The molecule has 0 saturated carbocycles. The first-order chi connectivity index (χ1) is 19.2. The van der Waals surface area contributed by atoms with E-state index < -0.39 is 0 Å². The number of para-hydroxylation sites is 2. The molecule has 1 aliphatic heterocycles. The van der Waals surface area contributed by atoms with Gasteiger partial charge in [-0.05, 0) is 42.0 Å². The minimum absolute atomic E-state index is 0.616. The predicted octanol–water partition coefficient (Wildman–Crippen LogP) is 9.70. The zero-order chi connectivity index (χ0) is 26.2. The Morgan fingerprint density at radius 1 is 0.436 bits per heavy atom. The molecule has 1 aromatic heterocycles. The van der Waals surface area contributed by atoms with Gasteiger partial charge in [-0.25, -0.2) is 9.97 Å². The zero-order valence-electron chi connectivity index (χ0n) is 20.7. The molecule has 5 aromatic carbocycles. The third-order valence-corrected chi connectivity index (χ3v) is 6.95. The van der Waals surface area contributed by atoms with E-state index in [4.69, 9.17) is 31.0 Å².